The van der Waals surface area contributed by atoms with E-state index in [1.165, 1.54) is 17.0 Å². The SMILES string of the molecule is CS(=O)(=O)N(CC(=O)N1CCC(C(N)=O)CC1)c1cc(Cl)c(Cl)cc1Cl. The van der Waals surface area contributed by atoms with Crippen molar-refractivity contribution in [1.29, 1.82) is 0 Å². The molecule has 0 atom stereocenters. The number of nitrogens with two attached hydrogens (primary N) is 1. The number of nitrogens with zero attached hydrogens (tertiary/aromatic N) is 2. The highest BCUT2D eigenvalue weighted by molar-refractivity contribution is 7.92. The first kappa shape index (κ1) is 21.1. The summed E-state index contributed by atoms with van der Waals surface area (Å²) in [5.41, 5.74) is 5.35. The summed E-state index contributed by atoms with van der Waals surface area (Å²) in [5.74, 6) is -1.06. The Labute approximate surface area is 167 Å². The number of rotatable bonds is 5. The van der Waals surface area contributed by atoms with Gasteiger partial charge in [0.1, 0.15) is 6.54 Å². The van der Waals surface area contributed by atoms with E-state index >= 15 is 0 Å². The zero-order valence-corrected chi connectivity index (χ0v) is 17.0. The normalized spacial score (nSPS) is 15.8. The molecule has 26 heavy (non-hydrogen) atoms. The van der Waals surface area contributed by atoms with Crippen molar-refractivity contribution in [3.63, 3.8) is 0 Å². The minimum absolute atomic E-state index is 0.0602. The molecular weight excluding hydrogens is 425 g/mol. The Morgan fingerprint density at radius 2 is 1.69 bits per heavy atom. The maximum absolute atomic E-state index is 12.6. The van der Waals surface area contributed by atoms with Crippen LogP contribution in [-0.4, -0.2) is 51.0 Å². The predicted molar refractivity (Wildman–Crippen MR) is 102 cm³/mol. The second-order valence-corrected chi connectivity index (χ2v) is 9.17. The van der Waals surface area contributed by atoms with Crippen LogP contribution in [0.4, 0.5) is 5.69 Å². The number of hydrogen-bond donors (Lipinski definition) is 1. The van der Waals surface area contributed by atoms with E-state index < -0.39 is 28.4 Å². The molecule has 144 valence electrons. The van der Waals surface area contributed by atoms with E-state index in [1.54, 1.807) is 0 Å². The summed E-state index contributed by atoms with van der Waals surface area (Å²) in [6.07, 6.45) is 1.87. The summed E-state index contributed by atoms with van der Waals surface area (Å²) in [5, 5.41) is 0.355. The second kappa shape index (κ2) is 8.21. The number of benzene rings is 1. The third-order valence-electron chi connectivity index (χ3n) is 4.19. The molecule has 0 saturated carbocycles. The highest BCUT2D eigenvalue weighted by Gasteiger charge is 2.30. The van der Waals surface area contributed by atoms with E-state index in [1.807, 2.05) is 0 Å². The van der Waals surface area contributed by atoms with Crippen LogP contribution in [0.1, 0.15) is 12.8 Å². The number of primary amides is 1. The van der Waals surface area contributed by atoms with Crippen molar-refractivity contribution < 1.29 is 18.0 Å². The predicted octanol–water partition coefficient (Wildman–Crippen LogP) is 2.14. The monoisotopic (exact) mass is 441 g/mol. The van der Waals surface area contributed by atoms with Crippen LogP contribution >= 0.6 is 34.8 Å². The van der Waals surface area contributed by atoms with Crippen molar-refractivity contribution in [3.05, 3.63) is 27.2 Å². The molecule has 1 aromatic rings. The highest BCUT2D eigenvalue weighted by Crippen LogP contribution is 2.35. The smallest absolute Gasteiger partial charge is 0.243 e. The number of halogens is 3. The van der Waals surface area contributed by atoms with E-state index in [9.17, 15) is 18.0 Å². The van der Waals surface area contributed by atoms with E-state index in [-0.39, 0.29) is 26.7 Å². The summed E-state index contributed by atoms with van der Waals surface area (Å²) < 4.78 is 25.3. The Morgan fingerprint density at radius 3 is 2.19 bits per heavy atom. The first-order chi connectivity index (χ1) is 12.0. The van der Waals surface area contributed by atoms with E-state index in [0.717, 1.165) is 10.6 Å². The summed E-state index contributed by atoms with van der Waals surface area (Å²) >= 11 is 17.9. The fraction of sp³-hybridized carbons (Fsp3) is 0.467. The molecule has 1 saturated heterocycles. The third kappa shape index (κ3) is 4.94. The van der Waals surface area contributed by atoms with Crippen LogP contribution in [0.3, 0.4) is 0 Å². The molecule has 0 aliphatic carbocycles. The lowest BCUT2D eigenvalue weighted by molar-refractivity contribution is -0.133. The average molecular weight is 443 g/mol. The molecule has 1 aliphatic rings. The van der Waals surface area contributed by atoms with Gasteiger partial charge in [-0.1, -0.05) is 34.8 Å². The van der Waals surface area contributed by atoms with Crippen LogP contribution in [-0.2, 0) is 19.6 Å². The van der Waals surface area contributed by atoms with E-state index in [4.69, 9.17) is 40.5 Å². The van der Waals surface area contributed by atoms with Gasteiger partial charge in [-0.15, -0.1) is 0 Å². The molecule has 1 fully saturated rings. The first-order valence-corrected chi connectivity index (χ1v) is 10.7. The van der Waals surface area contributed by atoms with Gasteiger partial charge in [0, 0.05) is 19.0 Å². The number of sulfonamides is 1. The van der Waals surface area contributed by atoms with Gasteiger partial charge >= 0.3 is 0 Å². The molecule has 7 nitrogen and oxygen atoms in total. The first-order valence-electron chi connectivity index (χ1n) is 7.70. The summed E-state index contributed by atoms with van der Waals surface area (Å²) in [4.78, 5) is 25.3. The van der Waals surface area contributed by atoms with Gasteiger partial charge in [0.05, 0.1) is 27.0 Å². The maximum atomic E-state index is 12.6. The molecular formula is C15H18Cl3N3O4S. The van der Waals surface area contributed by atoms with Crippen molar-refractivity contribution >= 4 is 62.3 Å². The van der Waals surface area contributed by atoms with Crippen molar-refractivity contribution in [1.82, 2.24) is 4.90 Å². The Morgan fingerprint density at radius 1 is 1.15 bits per heavy atom. The van der Waals surface area contributed by atoms with Crippen LogP contribution in [0.25, 0.3) is 0 Å². The molecule has 11 heteroatoms. The van der Waals surface area contributed by atoms with Crippen LogP contribution < -0.4 is 10.0 Å². The Bertz CT molecular complexity index is 824. The van der Waals surface area contributed by atoms with Crippen LogP contribution in [0.2, 0.25) is 15.1 Å². The lowest BCUT2D eigenvalue weighted by atomic mass is 9.96. The average Bonchev–Trinajstić information content (AvgIpc) is 2.55. The van der Waals surface area contributed by atoms with Gasteiger partial charge in [0.15, 0.2) is 0 Å². The number of likely N-dealkylation sites (tertiary alicyclic amines) is 1. The Hall–Kier alpha value is -1.22. The van der Waals surface area contributed by atoms with Crippen molar-refractivity contribution in [2.75, 3.05) is 30.2 Å². The zero-order chi connectivity index (χ0) is 19.6. The minimum atomic E-state index is -3.80. The number of amides is 2. The van der Waals surface area contributed by atoms with E-state index in [0.29, 0.717) is 25.9 Å². The molecule has 1 heterocycles. The van der Waals surface area contributed by atoms with Crippen molar-refractivity contribution in [2.24, 2.45) is 11.7 Å². The topological polar surface area (TPSA) is 101 Å². The fourth-order valence-corrected chi connectivity index (χ4v) is 4.27. The van der Waals surface area contributed by atoms with Gasteiger partial charge in [0.2, 0.25) is 21.8 Å². The minimum Gasteiger partial charge on any atom is -0.369 e. The summed E-state index contributed by atoms with van der Waals surface area (Å²) in [7, 11) is -3.80. The van der Waals surface area contributed by atoms with Crippen LogP contribution in [0.15, 0.2) is 12.1 Å². The molecule has 0 spiro atoms. The van der Waals surface area contributed by atoms with Gasteiger partial charge < -0.3 is 10.6 Å². The van der Waals surface area contributed by atoms with Crippen molar-refractivity contribution in [3.8, 4) is 0 Å². The molecule has 0 unspecified atom stereocenters. The van der Waals surface area contributed by atoms with Gasteiger partial charge in [-0.2, -0.15) is 0 Å². The molecule has 0 radical (unpaired) electrons. The number of piperidine rings is 1. The lowest BCUT2D eigenvalue weighted by Gasteiger charge is -2.32. The van der Waals surface area contributed by atoms with Gasteiger partial charge in [-0.3, -0.25) is 13.9 Å². The standard InChI is InChI=1S/C15H18Cl3N3O4S/c1-26(24,25)21(13-7-11(17)10(16)6-12(13)18)8-14(22)20-4-2-9(3-5-20)15(19)23/h6-7,9H,2-5,8H2,1H3,(H2,19,23). The molecule has 2 amide bonds. The lowest BCUT2D eigenvalue weighted by Crippen LogP contribution is -2.47. The molecule has 0 bridgehead atoms. The fourth-order valence-electron chi connectivity index (χ4n) is 2.72. The van der Waals surface area contributed by atoms with Crippen molar-refractivity contribution in [2.45, 2.75) is 12.8 Å². The number of hydrogen-bond acceptors (Lipinski definition) is 4. The van der Waals surface area contributed by atoms with Crippen LogP contribution in [0.5, 0.6) is 0 Å². The number of carbonyl (C=O) groups excluding carboxylic acids is 2. The molecule has 1 aromatic carbocycles. The molecule has 2 rings (SSSR count). The van der Waals surface area contributed by atoms with Gasteiger partial charge in [-0.25, -0.2) is 8.42 Å². The zero-order valence-electron chi connectivity index (χ0n) is 13.9. The van der Waals surface area contributed by atoms with Gasteiger partial charge in [-0.05, 0) is 25.0 Å². The quantitative estimate of drug-likeness (QED) is 0.706. The number of carbonyl (C=O) groups is 2. The summed E-state index contributed by atoms with van der Waals surface area (Å²) in [6.45, 7) is 0.232. The second-order valence-electron chi connectivity index (χ2n) is 6.04. The summed E-state index contributed by atoms with van der Waals surface area (Å²) in [6, 6.07) is 2.63. The highest BCUT2D eigenvalue weighted by atomic mass is 35.5. The molecule has 0 aromatic heterocycles. The number of anilines is 1. The third-order valence-corrected chi connectivity index (χ3v) is 6.34. The maximum Gasteiger partial charge on any atom is 0.243 e. The Kier molecular flexibility index (Phi) is 6.65. The van der Waals surface area contributed by atoms with E-state index in [2.05, 4.69) is 0 Å². The largest absolute Gasteiger partial charge is 0.369 e. The molecule has 1 aliphatic heterocycles. The van der Waals surface area contributed by atoms with Crippen LogP contribution in [0, 0.1) is 5.92 Å². The molecule has 2 N–H and O–H groups in total. The Balaban J connectivity index is 2.21. The van der Waals surface area contributed by atoms with Gasteiger partial charge in [0.25, 0.3) is 0 Å².